The van der Waals surface area contributed by atoms with Gasteiger partial charge in [-0.05, 0) is 18.6 Å². The monoisotopic (exact) mass is 234 g/mol. The summed E-state index contributed by atoms with van der Waals surface area (Å²) >= 11 is 0. The molecule has 2 unspecified atom stereocenters. The second-order valence-corrected chi connectivity index (χ2v) is 3.89. The summed E-state index contributed by atoms with van der Waals surface area (Å²) in [7, 11) is 0. The number of benzene rings is 1. The van der Waals surface area contributed by atoms with E-state index in [1.807, 2.05) is 49.4 Å². The molecule has 0 bridgehead atoms. The molecule has 3 heteroatoms. The van der Waals surface area contributed by atoms with Crippen molar-refractivity contribution in [2.45, 2.75) is 19.3 Å². The molecule has 0 saturated carbocycles. The first-order chi connectivity index (χ1) is 8.38. The molecule has 1 aromatic carbocycles. The lowest BCUT2D eigenvalue weighted by Crippen LogP contribution is -2.18. The van der Waals surface area contributed by atoms with E-state index < -0.39 is 0 Å². The predicted molar refractivity (Wildman–Crippen MR) is 66.6 cm³/mol. The maximum absolute atomic E-state index is 5.65. The van der Waals surface area contributed by atoms with E-state index in [1.165, 1.54) is 0 Å². The Hall–Kier alpha value is -1.16. The van der Waals surface area contributed by atoms with Gasteiger partial charge in [0.1, 0.15) is 6.10 Å². The van der Waals surface area contributed by atoms with Crippen molar-refractivity contribution in [1.82, 2.24) is 0 Å². The highest BCUT2D eigenvalue weighted by atomic mass is 16.7. The van der Waals surface area contributed by atoms with Crippen LogP contribution in [0.5, 0.6) is 0 Å². The Labute approximate surface area is 102 Å². The molecule has 92 valence electrons. The molecule has 17 heavy (non-hydrogen) atoms. The SMILES string of the molecule is CCOCC1COC(/C=C/c2ccccc2)O1. The second kappa shape index (κ2) is 6.55. The minimum absolute atomic E-state index is 0.0559. The summed E-state index contributed by atoms with van der Waals surface area (Å²) in [6.45, 7) is 3.89. The molecule has 2 atom stereocenters. The van der Waals surface area contributed by atoms with Crippen molar-refractivity contribution in [3.05, 3.63) is 42.0 Å². The van der Waals surface area contributed by atoms with Crippen molar-refractivity contribution in [2.75, 3.05) is 19.8 Å². The van der Waals surface area contributed by atoms with E-state index in [9.17, 15) is 0 Å². The van der Waals surface area contributed by atoms with Crippen LogP contribution in [-0.2, 0) is 14.2 Å². The standard InChI is InChI=1S/C14H18O3/c1-2-15-10-13-11-16-14(17-13)9-8-12-6-4-3-5-7-12/h3-9,13-14H,2,10-11H2,1H3/b9-8+. The summed E-state index contributed by atoms with van der Waals surface area (Å²) in [5, 5.41) is 0. The number of hydrogen-bond donors (Lipinski definition) is 0. The first-order valence-corrected chi connectivity index (χ1v) is 5.96. The third kappa shape index (κ3) is 3.97. The van der Waals surface area contributed by atoms with E-state index in [4.69, 9.17) is 14.2 Å². The average Bonchev–Trinajstić information content (AvgIpc) is 2.83. The Morgan fingerprint density at radius 1 is 1.35 bits per heavy atom. The van der Waals surface area contributed by atoms with Crippen molar-refractivity contribution in [1.29, 1.82) is 0 Å². The minimum Gasteiger partial charge on any atom is -0.379 e. The largest absolute Gasteiger partial charge is 0.379 e. The van der Waals surface area contributed by atoms with Crippen molar-refractivity contribution in [3.63, 3.8) is 0 Å². The van der Waals surface area contributed by atoms with Gasteiger partial charge < -0.3 is 14.2 Å². The Balaban J connectivity index is 1.79. The van der Waals surface area contributed by atoms with E-state index in [0.29, 0.717) is 19.8 Å². The first-order valence-electron chi connectivity index (χ1n) is 5.96. The fourth-order valence-corrected chi connectivity index (χ4v) is 1.66. The highest BCUT2D eigenvalue weighted by Crippen LogP contribution is 2.14. The van der Waals surface area contributed by atoms with Gasteiger partial charge in [-0.2, -0.15) is 0 Å². The molecule has 0 N–H and O–H groups in total. The van der Waals surface area contributed by atoms with Gasteiger partial charge in [-0.3, -0.25) is 0 Å². The molecule has 1 aliphatic heterocycles. The maximum atomic E-state index is 5.65. The molecule has 1 aliphatic rings. The van der Waals surface area contributed by atoms with Gasteiger partial charge in [-0.15, -0.1) is 0 Å². The summed E-state index contributed by atoms with van der Waals surface area (Å²) in [5.74, 6) is 0. The third-order valence-electron chi connectivity index (χ3n) is 2.53. The van der Waals surface area contributed by atoms with E-state index >= 15 is 0 Å². The van der Waals surface area contributed by atoms with Crippen LogP contribution in [-0.4, -0.2) is 32.2 Å². The first kappa shape index (κ1) is 12.3. The Kier molecular flexibility index (Phi) is 4.74. The van der Waals surface area contributed by atoms with Gasteiger partial charge in [0, 0.05) is 6.61 Å². The van der Waals surface area contributed by atoms with Crippen molar-refractivity contribution in [2.24, 2.45) is 0 Å². The lowest BCUT2D eigenvalue weighted by Gasteiger charge is -2.08. The fourth-order valence-electron chi connectivity index (χ4n) is 1.66. The Bertz CT molecular complexity index is 348. The molecule has 1 saturated heterocycles. The van der Waals surface area contributed by atoms with Crippen LogP contribution in [0.1, 0.15) is 12.5 Å². The van der Waals surface area contributed by atoms with Crippen LogP contribution < -0.4 is 0 Å². The summed E-state index contributed by atoms with van der Waals surface area (Å²) in [5.41, 5.74) is 1.15. The van der Waals surface area contributed by atoms with Gasteiger partial charge in [0.15, 0.2) is 6.29 Å². The zero-order valence-corrected chi connectivity index (χ0v) is 10.0. The molecular weight excluding hydrogens is 216 g/mol. The molecule has 0 aromatic heterocycles. The molecular formula is C14H18O3. The van der Waals surface area contributed by atoms with Crippen LogP contribution in [0.4, 0.5) is 0 Å². The smallest absolute Gasteiger partial charge is 0.177 e. The lowest BCUT2D eigenvalue weighted by molar-refractivity contribution is -0.0382. The molecule has 0 radical (unpaired) electrons. The quantitative estimate of drug-likeness (QED) is 0.783. The molecule has 1 heterocycles. The maximum Gasteiger partial charge on any atom is 0.177 e. The summed E-state index contributed by atoms with van der Waals surface area (Å²) in [6, 6.07) is 10.1. The summed E-state index contributed by atoms with van der Waals surface area (Å²) in [4.78, 5) is 0. The van der Waals surface area contributed by atoms with Crippen LogP contribution in [0.2, 0.25) is 0 Å². The topological polar surface area (TPSA) is 27.7 Å². The highest BCUT2D eigenvalue weighted by Gasteiger charge is 2.23. The predicted octanol–water partition coefficient (Wildman–Crippen LogP) is 2.48. The number of hydrogen-bond acceptors (Lipinski definition) is 3. The number of ether oxygens (including phenoxy) is 3. The van der Waals surface area contributed by atoms with Gasteiger partial charge >= 0.3 is 0 Å². The van der Waals surface area contributed by atoms with Crippen molar-refractivity contribution >= 4 is 6.08 Å². The van der Waals surface area contributed by atoms with E-state index in [2.05, 4.69) is 0 Å². The number of rotatable bonds is 5. The van der Waals surface area contributed by atoms with Crippen LogP contribution in [0.25, 0.3) is 6.08 Å². The van der Waals surface area contributed by atoms with Gasteiger partial charge in [0.05, 0.1) is 13.2 Å². The Morgan fingerprint density at radius 3 is 2.94 bits per heavy atom. The van der Waals surface area contributed by atoms with E-state index in [0.717, 1.165) is 5.56 Å². The fraction of sp³-hybridized carbons (Fsp3) is 0.429. The molecule has 0 spiro atoms. The van der Waals surface area contributed by atoms with Gasteiger partial charge in [-0.1, -0.05) is 36.4 Å². The zero-order valence-electron chi connectivity index (χ0n) is 10.0. The summed E-state index contributed by atoms with van der Waals surface area (Å²) in [6.07, 6.45) is 3.75. The van der Waals surface area contributed by atoms with Gasteiger partial charge in [-0.25, -0.2) is 0 Å². The Morgan fingerprint density at radius 2 is 2.18 bits per heavy atom. The normalized spacial score (nSPS) is 24.5. The highest BCUT2D eigenvalue weighted by molar-refractivity contribution is 5.49. The molecule has 2 rings (SSSR count). The van der Waals surface area contributed by atoms with E-state index in [-0.39, 0.29) is 12.4 Å². The van der Waals surface area contributed by atoms with Crippen LogP contribution in [0.3, 0.4) is 0 Å². The molecule has 0 amide bonds. The van der Waals surface area contributed by atoms with Crippen molar-refractivity contribution < 1.29 is 14.2 Å². The molecule has 0 aliphatic carbocycles. The summed E-state index contributed by atoms with van der Waals surface area (Å²) < 4.78 is 16.4. The van der Waals surface area contributed by atoms with Gasteiger partial charge in [0.25, 0.3) is 0 Å². The second-order valence-electron chi connectivity index (χ2n) is 3.89. The lowest BCUT2D eigenvalue weighted by atomic mass is 10.2. The minimum atomic E-state index is -0.249. The van der Waals surface area contributed by atoms with Crippen LogP contribution in [0, 0.1) is 0 Å². The van der Waals surface area contributed by atoms with E-state index in [1.54, 1.807) is 0 Å². The molecule has 1 fully saturated rings. The molecule has 1 aromatic rings. The van der Waals surface area contributed by atoms with Gasteiger partial charge in [0.2, 0.25) is 0 Å². The third-order valence-corrected chi connectivity index (χ3v) is 2.53. The van der Waals surface area contributed by atoms with Crippen LogP contribution in [0.15, 0.2) is 36.4 Å². The molecule has 3 nitrogen and oxygen atoms in total. The average molecular weight is 234 g/mol. The van der Waals surface area contributed by atoms with Crippen molar-refractivity contribution in [3.8, 4) is 0 Å². The van der Waals surface area contributed by atoms with Crippen LogP contribution >= 0.6 is 0 Å². The zero-order chi connectivity index (χ0) is 11.9.